The lowest BCUT2D eigenvalue weighted by atomic mass is 9.94. The Hall–Kier alpha value is -2.02. The molecule has 1 atom stereocenters. The highest BCUT2D eigenvalue weighted by Gasteiger charge is 2.38. The Balaban J connectivity index is 1.69. The van der Waals surface area contributed by atoms with E-state index in [2.05, 4.69) is 4.90 Å². The molecule has 0 unspecified atom stereocenters. The number of likely N-dealkylation sites (N-methyl/N-ethyl adjacent to an activating group) is 1. The number of piperazine rings is 1. The van der Waals surface area contributed by atoms with E-state index in [0.717, 1.165) is 43.9 Å². The van der Waals surface area contributed by atoms with Crippen molar-refractivity contribution in [3.05, 3.63) is 35.4 Å². The lowest BCUT2D eigenvalue weighted by Gasteiger charge is -2.42. The first kappa shape index (κ1) is 21.7. The molecule has 1 aliphatic heterocycles. The Kier molecular flexibility index (Phi) is 7.22. The molecule has 1 aliphatic carbocycles. The molecule has 1 saturated heterocycles. The number of benzene rings is 1. The minimum absolute atomic E-state index is 0.0301. The first-order valence-electron chi connectivity index (χ1n) is 10.7. The first-order valence-corrected chi connectivity index (χ1v) is 10.7. The number of hydrogen-bond acceptors (Lipinski definition) is 3. The summed E-state index contributed by atoms with van der Waals surface area (Å²) in [7, 11) is 0. The minimum atomic E-state index is -0.752. The van der Waals surface area contributed by atoms with Gasteiger partial charge in [-0.25, -0.2) is 8.78 Å². The van der Waals surface area contributed by atoms with Crippen LogP contribution in [0.1, 0.15) is 49.9 Å². The summed E-state index contributed by atoms with van der Waals surface area (Å²) in [6.07, 6.45) is 4.46. The van der Waals surface area contributed by atoms with Crippen molar-refractivity contribution in [1.29, 1.82) is 0 Å². The molecule has 0 spiro atoms. The summed E-state index contributed by atoms with van der Waals surface area (Å²) in [6, 6.07) is 2.77. The molecule has 2 fully saturated rings. The third kappa shape index (κ3) is 4.94. The van der Waals surface area contributed by atoms with Gasteiger partial charge >= 0.3 is 0 Å². The molecule has 1 heterocycles. The maximum Gasteiger partial charge on any atom is 0.254 e. The summed E-state index contributed by atoms with van der Waals surface area (Å²) in [4.78, 5) is 31.6. The SMILES string of the molecule is CCN(CC)C(=O)[C@H](C1CCCC1)N1CCN(C(=O)c2cc(F)cc(F)c2)CC1. The molecular formula is C22H31F2N3O2. The molecule has 1 saturated carbocycles. The number of rotatable bonds is 6. The maximum atomic E-state index is 13.5. The number of amides is 2. The van der Waals surface area contributed by atoms with Gasteiger partial charge in [-0.05, 0) is 44.7 Å². The highest BCUT2D eigenvalue weighted by molar-refractivity contribution is 5.94. The van der Waals surface area contributed by atoms with Gasteiger partial charge in [0.15, 0.2) is 0 Å². The summed E-state index contributed by atoms with van der Waals surface area (Å²) < 4.78 is 26.9. The zero-order valence-electron chi connectivity index (χ0n) is 17.4. The van der Waals surface area contributed by atoms with E-state index in [1.54, 1.807) is 4.90 Å². The van der Waals surface area contributed by atoms with E-state index in [4.69, 9.17) is 0 Å². The fourth-order valence-corrected chi connectivity index (χ4v) is 4.71. The van der Waals surface area contributed by atoms with Crippen LogP contribution in [0.3, 0.4) is 0 Å². The van der Waals surface area contributed by atoms with E-state index in [9.17, 15) is 18.4 Å². The second-order valence-electron chi connectivity index (χ2n) is 7.99. The van der Waals surface area contributed by atoms with Crippen LogP contribution < -0.4 is 0 Å². The fourth-order valence-electron chi connectivity index (χ4n) is 4.71. The predicted molar refractivity (Wildman–Crippen MR) is 108 cm³/mol. The lowest BCUT2D eigenvalue weighted by Crippen LogP contribution is -2.58. The van der Waals surface area contributed by atoms with Crippen LogP contribution in [-0.4, -0.2) is 71.8 Å². The monoisotopic (exact) mass is 407 g/mol. The average molecular weight is 408 g/mol. The number of carbonyl (C=O) groups is 2. The molecule has 7 heteroatoms. The van der Waals surface area contributed by atoms with Crippen LogP contribution in [0, 0.1) is 17.6 Å². The van der Waals surface area contributed by atoms with E-state index in [1.807, 2.05) is 18.7 Å². The highest BCUT2D eigenvalue weighted by atomic mass is 19.1. The van der Waals surface area contributed by atoms with Crippen molar-refractivity contribution in [1.82, 2.24) is 14.7 Å². The molecule has 0 N–H and O–H groups in total. The molecule has 3 rings (SSSR count). The van der Waals surface area contributed by atoms with E-state index in [-0.39, 0.29) is 23.4 Å². The van der Waals surface area contributed by atoms with Gasteiger partial charge in [-0.1, -0.05) is 12.8 Å². The fraction of sp³-hybridized carbons (Fsp3) is 0.636. The Bertz CT molecular complexity index is 705. The van der Waals surface area contributed by atoms with Crippen LogP contribution in [0.25, 0.3) is 0 Å². The smallest absolute Gasteiger partial charge is 0.254 e. The Morgan fingerprint density at radius 3 is 2.07 bits per heavy atom. The topological polar surface area (TPSA) is 43.9 Å². The van der Waals surface area contributed by atoms with E-state index in [1.165, 1.54) is 0 Å². The van der Waals surface area contributed by atoms with Crippen LogP contribution in [0.4, 0.5) is 8.78 Å². The third-order valence-corrected chi connectivity index (χ3v) is 6.28. The highest BCUT2D eigenvalue weighted by Crippen LogP contribution is 2.32. The zero-order valence-corrected chi connectivity index (χ0v) is 17.4. The van der Waals surface area contributed by atoms with Crippen molar-refractivity contribution in [2.75, 3.05) is 39.3 Å². The number of halogens is 2. The normalized spacial score (nSPS) is 19.4. The lowest BCUT2D eigenvalue weighted by molar-refractivity contribution is -0.139. The van der Waals surface area contributed by atoms with Gasteiger partial charge in [0.05, 0.1) is 6.04 Å². The predicted octanol–water partition coefficient (Wildman–Crippen LogP) is 3.15. The standard InChI is InChI=1S/C22H31F2N3O2/c1-3-25(4-2)22(29)20(16-7-5-6-8-16)26-9-11-27(12-10-26)21(28)17-13-18(23)15-19(24)14-17/h13-16,20H,3-12H2,1-2H3/t20-/m0/s1. The largest absolute Gasteiger partial charge is 0.342 e. The van der Waals surface area contributed by atoms with Gasteiger partial charge in [0, 0.05) is 50.9 Å². The molecule has 0 bridgehead atoms. The molecule has 1 aromatic carbocycles. The third-order valence-electron chi connectivity index (χ3n) is 6.28. The summed E-state index contributed by atoms with van der Waals surface area (Å²) in [5, 5.41) is 0. The van der Waals surface area contributed by atoms with E-state index < -0.39 is 11.6 Å². The quantitative estimate of drug-likeness (QED) is 0.728. The Morgan fingerprint density at radius 2 is 1.55 bits per heavy atom. The van der Waals surface area contributed by atoms with Crippen LogP contribution in [-0.2, 0) is 4.79 Å². The molecule has 160 valence electrons. The minimum Gasteiger partial charge on any atom is -0.342 e. The van der Waals surface area contributed by atoms with Crippen LogP contribution >= 0.6 is 0 Å². The van der Waals surface area contributed by atoms with Gasteiger partial charge in [-0.2, -0.15) is 0 Å². The maximum absolute atomic E-state index is 13.5. The van der Waals surface area contributed by atoms with Crippen LogP contribution in [0.15, 0.2) is 18.2 Å². The molecule has 0 aromatic heterocycles. The molecule has 1 aromatic rings. The molecule has 5 nitrogen and oxygen atoms in total. The molecular weight excluding hydrogens is 376 g/mol. The average Bonchev–Trinajstić information content (AvgIpc) is 3.22. The molecule has 0 radical (unpaired) electrons. The Morgan fingerprint density at radius 1 is 1.00 bits per heavy atom. The van der Waals surface area contributed by atoms with Gasteiger partial charge in [-0.3, -0.25) is 14.5 Å². The summed E-state index contributed by atoms with van der Waals surface area (Å²) in [5.41, 5.74) is 0.0301. The van der Waals surface area contributed by atoms with Gasteiger partial charge < -0.3 is 9.80 Å². The molecule has 2 amide bonds. The summed E-state index contributed by atoms with van der Waals surface area (Å²) >= 11 is 0. The van der Waals surface area contributed by atoms with Gasteiger partial charge in [0.25, 0.3) is 5.91 Å². The number of carbonyl (C=O) groups excluding carboxylic acids is 2. The van der Waals surface area contributed by atoms with E-state index >= 15 is 0 Å². The number of nitrogens with zero attached hydrogens (tertiary/aromatic N) is 3. The zero-order chi connectivity index (χ0) is 21.0. The Labute approximate surface area is 171 Å². The van der Waals surface area contributed by atoms with Crippen molar-refractivity contribution in [2.45, 2.75) is 45.6 Å². The van der Waals surface area contributed by atoms with Crippen molar-refractivity contribution in [2.24, 2.45) is 5.92 Å². The van der Waals surface area contributed by atoms with Crippen molar-refractivity contribution in [3.8, 4) is 0 Å². The second-order valence-corrected chi connectivity index (χ2v) is 7.99. The molecule has 2 aliphatic rings. The van der Waals surface area contributed by atoms with Gasteiger partial charge in [0.1, 0.15) is 11.6 Å². The van der Waals surface area contributed by atoms with Crippen molar-refractivity contribution in [3.63, 3.8) is 0 Å². The van der Waals surface area contributed by atoms with Crippen LogP contribution in [0.5, 0.6) is 0 Å². The van der Waals surface area contributed by atoms with Gasteiger partial charge in [0.2, 0.25) is 5.91 Å². The molecule has 29 heavy (non-hydrogen) atoms. The van der Waals surface area contributed by atoms with E-state index in [0.29, 0.717) is 45.2 Å². The van der Waals surface area contributed by atoms with Crippen molar-refractivity contribution >= 4 is 11.8 Å². The van der Waals surface area contributed by atoms with Gasteiger partial charge in [-0.15, -0.1) is 0 Å². The van der Waals surface area contributed by atoms with Crippen LogP contribution in [0.2, 0.25) is 0 Å². The summed E-state index contributed by atoms with van der Waals surface area (Å²) in [5.74, 6) is -1.32. The number of hydrogen-bond donors (Lipinski definition) is 0. The summed E-state index contributed by atoms with van der Waals surface area (Å²) in [6.45, 7) is 7.49. The van der Waals surface area contributed by atoms with Crippen molar-refractivity contribution < 1.29 is 18.4 Å². The first-order chi connectivity index (χ1) is 13.9. The second kappa shape index (κ2) is 9.65.